The monoisotopic (exact) mass is 158 g/mol. The minimum Gasteiger partial charge on any atom is -0.381 e. The molecule has 0 amide bonds. The zero-order chi connectivity index (χ0) is 7.52. The summed E-state index contributed by atoms with van der Waals surface area (Å²) in [6.45, 7) is 3.88. The van der Waals surface area contributed by atoms with Gasteiger partial charge in [0.25, 0.3) is 0 Å². The van der Waals surface area contributed by atoms with Crippen LogP contribution in [0.3, 0.4) is 0 Å². The molecule has 0 spiro atoms. The number of rotatable bonds is 0. The molecule has 3 heteroatoms. The van der Waals surface area contributed by atoms with Crippen LogP contribution >= 0.6 is 0 Å². The molecule has 2 atom stereocenters. The van der Waals surface area contributed by atoms with Crippen molar-refractivity contribution in [3.8, 4) is 0 Å². The van der Waals surface area contributed by atoms with Crippen molar-refractivity contribution in [2.75, 3.05) is 33.2 Å². The Morgan fingerprint density at radius 1 is 0.818 bits per heavy atom. The third-order valence-electron chi connectivity index (χ3n) is 2.46. The van der Waals surface area contributed by atoms with Gasteiger partial charge in [0.05, 0.1) is 19.8 Å². The van der Waals surface area contributed by atoms with Crippen molar-refractivity contribution >= 4 is 0 Å². The quantitative estimate of drug-likeness (QED) is 0.518. The highest BCUT2D eigenvalue weighted by Crippen LogP contribution is 2.24. The van der Waals surface area contributed by atoms with Gasteiger partial charge in [0, 0.05) is 12.5 Å². The van der Waals surface area contributed by atoms with E-state index in [9.17, 15) is 0 Å². The molecule has 0 saturated carbocycles. The summed E-state index contributed by atoms with van der Waals surface area (Å²) in [6.07, 6.45) is 1.13. The van der Waals surface area contributed by atoms with E-state index in [0.717, 1.165) is 32.8 Å². The zero-order valence-corrected chi connectivity index (χ0v) is 6.62. The van der Waals surface area contributed by atoms with Crippen molar-refractivity contribution < 1.29 is 14.2 Å². The molecule has 2 fully saturated rings. The Bertz CT molecular complexity index is 113. The molecule has 0 aromatic rings. The Kier molecular flexibility index (Phi) is 2.41. The van der Waals surface area contributed by atoms with E-state index in [4.69, 9.17) is 14.2 Å². The van der Waals surface area contributed by atoms with Crippen LogP contribution in [0.2, 0.25) is 0 Å². The van der Waals surface area contributed by atoms with E-state index in [1.165, 1.54) is 0 Å². The third kappa shape index (κ3) is 1.72. The number of hydrogen-bond acceptors (Lipinski definition) is 3. The van der Waals surface area contributed by atoms with Gasteiger partial charge in [-0.1, -0.05) is 0 Å². The van der Waals surface area contributed by atoms with Gasteiger partial charge in [-0.2, -0.15) is 0 Å². The van der Waals surface area contributed by atoms with E-state index in [-0.39, 0.29) is 0 Å². The van der Waals surface area contributed by atoms with Gasteiger partial charge in [-0.05, 0) is 12.3 Å². The highest BCUT2D eigenvalue weighted by atomic mass is 16.7. The number of hydrogen-bond donors (Lipinski definition) is 0. The summed E-state index contributed by atoms with van der Waals surface area (Å²) < 4.78 is 15.9. The van der Waals surface area contributed by atoms with Gasteiger partial charge in [-0.15, -0.1) is 0 Å². The van der Waals surface area contributed by atoms with E-state index in [1.807, 2.05) is 0 Å². The Hall–Kier alpha value is -0.120. The van der Waals surface area contributed by atoms with Crippen LogP contribution < -0.4 is 0 Å². The average molecular weight is 158 g/mol. The molecule has 64 valence electrons. The van der Waals surface area contributed by atoms with Gasteiger partial charge < -0.3 is 14.2 Å². The van der Waals surface area contributed by atoms with Gasteiger partial charge in [-0.3, -0.25) is 0 Å². The van der Waals surface area contributed by atoms with Crippen molar-refractivity contribution in [1.82, 2.24) is 0 Å². The Morgan fingerprint density at radius 2 is 1.55 bits per heavy atom. The molecule has 0 N–H and O–H groups in total. The summed E-state index contributed by atoms with van der Waals surface area (Å²) in [5, 5.41) is 0. The van der Waals surface area contributed by atoms with E-state index in [0.29, 0.717) is 18.6 Å². The lowest BCUT2D eigenvalue weighted by atomic mass is 9.90. The van der Waals surface area contributed by atoms with E-state index >= 15 is 0 Å². The van der Waals surface area contributed by atoms with Crippen LogP contribution in [0.1, 0.15) is 6.42 Å². The summed E-state index contributed by atoms with van der Waals surface area (Å²) in [5.74, 6) is 1.25. The molecule has 2 aliphatic heterocycles. The fraction of sp³-hybridized carbons (Fsp3) is 1.00. The predicted molar refractivity (Wildman–Crippen MR) is 39.2 cm³/mol. The molecule has 2 unspecified atom stereocenters. The van der Waals surface area contributed by atoms with Crippen LogP contribution in [0.4, 0.5) is 0 Å². The molecule has 2 saturated heterocycles. The molecule has 0 bridgehead atoms. The minimum absolute atomic E-state index is 0.465. The summed E-state index contributed by atoms with van der Waals surface area (Å²) in [4.78, 5) is 0. The first-order valence-corrected chi connectivity index (χ1v) is 4.20. The van der Waals surface area contributed by atoms with Crippen LogP contribution in [-0.2, 0) is 14.2 Å². The fourth-order valence-corrected chi connectivity index (χ4v) is 1.70. The normalized spacial score (nSPS) is 39.3. The van der Waals surface area contributed by atoms with Crippen molar-refractivity contribution in [2.45, 2.75) is 6.42 Å². The zero-order valence-electron chi connectivity index (χ0n) is 6.62. The average Bonchev–Trinajstić information content (AvgIpc) is 2.28. The summed E-state index contributed by atoms with van der Waals surface area (Å²) >= 11 is 0. The second kappa shape index (κ2) is 3.52. The molecular weight excluding hydrogens is 144 g/mol. The first-order valence-electron chi connectivity index (χ1n) is 4.20. The molecule has 11 heavy (non-hydrogen) atoms. The smallest absolute Gasteiger partial charge is 0.146 e. The van der Waals surface area contributed by atoms with E-state index < -0.39 is 0 Å². The highest BCUT2D eigenvalue weighted by molar-refractivity contribution is 4.74. The molecule has 2 rings (SSSR count). The van der Waals surface area contributed by atoms with E-state index in [2.05, 4.69) is 0 Å². The lowest BCUT2D eigenvalue weighted by molar-refractivity contribution is -0.0382. The standard InChI is InChI=1S/C8H14O3/c1-2-9-4-8-5-11-6-10-3-7(1)8/h7-8H,1-6H2. The van der Waals surface area contributed by atoms with Crippen LogP contribution in [0, 0.1) is 11.8 Å². The predicted octanol–water partition coefficient (Wildman–Crippen LogP) is 0.643. The van der Waals surface area contributed by atoms with Crippen LogP contribution in [0.5, 0.6) is 0 Å². The summed E-state index contributed by atoms with van der Waals surface area (Å²) in [7, 11) is 0. The molecule has 0 radical (unpaired) electrons. The molecule has 3 nitrogen and oxygen atoms in total. The van der Waals surface area contributed by atoms with Crippen molar-refractivity contribution in [3.05, 3.63) is 0 Å². The Morgan fingerprint density at radius 3 is 2.45 bits per heavy atom. The van der Waals surface area contributed by atoms with Crippen LogP contribution in [0.15, 0.2) is 0 Å². The van der Waals surface area contributed by atoms with Gasteiger partial charge >= 0.3 is 0 Å². The van der Waals surface area contributed by atoms with E-state index in [1.54, 1.807) is 0 Å². The van der Waals surface area contributed by atoms with Crippen molar-refractivity contribution in [2.24, 2.45) is 11.8 Å². The summed E-state index contributed by atoms with van der Waals surface area (Å²) in [6, 6.07) is 0. The lowest BCUT2D eigenvalue weighted by Crippen LogP contribution is -2.31. The van der Waals surface area contributed by atoms with Crippen molar-refractivity contribution in [3.63, 3.8) is 0 Å². The third-order valence-corrected chi connectivity index (χ3v) is 2.46. The molecule has 0 aliphatic carbocycles. The molecular formula is C8H14O3. The second-order valence-corrected chi connectivity index (χ2v) is 3.24. The summed E-state index contributed by atoms with van der Waals surface area (Å²) in [5.41, 5.74) is 0. The van der Waals surface area contributed by atoms with Crippen LogP contribution in [0.25, 0.3) is 0 Å². The number of fused-ring (bicyclic) bond motifs is 1. The molecule has 0 aromatic carbocycles. The maximum atomic E-state index is 5.36. The Labute approximate surface area is 66.6 Å². The fourth-order valence-electron chi connectivity index (χ4n) is 1.70. The maximum Gasteiger partial charge on any atom is 0.146 e. The first-order chi connectivity index (χ1) is 5.47. The SMILES string of the molecule is C1CC2COCOCC2CO1. The van der Waals surface area contributed by atoms with Gasteiger partial charge in [0.15, 0.2) is 0 Å². The maximum absolute atomic E-state index is 5.36. The molecule has 2 aliphatic rings. The van der Waals surface area contributed by atoms with Crippen molar-refractivity contribution in [1.29, 1.82) is 0 Å². The minimum atomic E-state index is 0.465. The first kappa shape index (κ1) is 7.53. The molecule has 2 heterocycles. The Balaban J connectivity index is 1.93. The topological polar surface area (TPSA) is 27.7 Å². The lowest BCUT2D eigenvalue weighted by Gasteiger charge is -2.28. The van der Waals surface area contributed by atoms with Gasteiger partial charge in [-0.25, -0.2) is 0 Å². The van der Waals surface area contributed by atoms with Crippen LogP contribution in [-0.4, -0.2) is 33.2 Å². The van der Waals surface area contributed by atoms with Gasteiger partial charge in [0.2, 0.25) is 0 Å². The number of ether oxygens (including phenoxy) is 3. The largest absolute Gasteiger partial charge is 0.381 e. The van der Waals surface area contributed by atoms with Gasteiger partial charge in [0.1, 0.15) is 6.79 Å². The molecule has 0 aromatic heterocycles. The second-order valence-electron chi connectivity index (χ2n) is 3.24. The highest BCUT2D eigenvalue weighted by Gasteiger charge is 2.27.